The molecule has 0 aliphatic carbocycles. The van der Waals surface area contributed by atoms with Crippen LogP contribution in [0.5, 0.6) is 0 Å². The van der Waals surface area contributed by atoms with Gasteiger partial charge in [-0.1, -0.05) is 0 Å². The normalized spacial score (nSPS) is 14.2. The Labute approximate surface area is 74.3 Å². The Morgan fingerprint density at radius 3 is 3.46 bits per heavy atom. The molecule has 1 N–H and O–H groups in total. The highest BCUT2D eigenvalue weighted by Crippen LogP contribution is 2.25. The second kappa shape index (κ2) is 2.32. The average Bonchev–Trinajstić information content (AvgIpc) is 2.56. The van der Waals surface area contributed by atoms with Gasteiger partial charge in [0, 0.05) is 18.3 Å². The van der Waals surface area contributed by atoms with Crippen molar-refractivity contribution < 1.29 is 4.42 Å². The summed E-state index contributed by atoms with van der Waals surface area (Å²) in [6.07, 6.45) is 7.00. The van der Waals surface area contributed by atoms with Crippen LogP contribution in [0.15, 0.2) is 23.1 Å². The number of nitrogens with zero attached hydrogens (tertiary/aromatic N) is 2. The maximum Gasteiger partial charge on any atom is 0.171 e. The largest absolute Gasteiger partial charge is 0.453 e. The molecule has 0 saturated carbocycles. The van der Waals surface area contributed by atoms with Crippen molar-refractivity contribution in [2.75, 3.05) is 0 Å². The van der Waals surface area contributed by atoms with Crippen molar-refractivity contribution in [3.05, 3.63) is 30.0 Å². The molecule has 0 amide bonds. The second-order valence-corrected chi connectivity index (χ2v) is 2.89. The Balaban J connectivity index is 2.41. The van der Waals surface area contributed by atoms with E-state index in [2.05, 4.69) is 15.3 Å². The average molecular weight is 173 g/mol. The zero-order valence-electron chi connectivity index (χ0n) is 6.82. The molecule has 0 unspecified atom stereocenters. The number of aromatic nitrogens is 2. The van der Waals surface area contributed by atoms with Gasteiger partial charge in [0.15, 0.2) is 5.58 Å². The molecule has 64 valence electrons. The predicted octanol–water partition coefficient (Wildman–Crippen LogP) is 1.30. The molecule has 0 fully saturated rings. The van der Waals surface area contributed by atoms with Crippen molar-refractivity contribution in [2.45, 2.75) is 6.54 Å². The summed E-state index contributed by atoms with van der Waals surface area (Å²) in [6.45, 7) is 0.774. The third kappa shape index (κ3) is 0.853. The van der Waals surface area contributed by atoms with Crippen LogP contribution >= 0.6 is 0 Å². The maximum atomic E-state index is 5.54. The van der Waals surface area contributed by atoms with Crippen LogP contribution in [-0.2, 0) is 6.54 Å². The van der Waals surface area contributed by atoms with E-state index in [1.54, 1.807) is 6.20 Å². The molecule has 3 rings (SSSR count). The second-order valence-electron chi connectivity index (χ2n) is 2.89. The molecule has 3 heterocycles. The number of furan rings is 1. The van der Waals surface area contributed by atoms with Gasteiger partial charge < -0.3 is 9.73 Å². The van der Waals surface area contributed by atoms with E-state index >= 15 is 0 Å². The van der Waals surface area contributed by atoms with Gasteiger partial charge >= 0.3 is 0 Å². The zero-order valence-corrected chi connectivity index (χ0v) is 6.82. The van der Waals surface area contributed by atoms with E-state index in [4.69, 9.17) is 4.42 Å². The van der Waals surface area contributed by atoms with E-state index in [9.17, 15) is 0 Å². The quantitative estimate of drug-likeness (QED) is 0.652. The highest BCUT2D eigenvalue weighted by Gasteiger charge is 2.14. The van der Waals surface area contributed by atoms with Crippen LogP contribution in [0.3, 0.4) is 0 Å². The Hall–Kier alpha value is -1.84. The fourth-order valence-electron chi connectivity index (χ4n) is 1.52. The Bertz CT molecular complexity index is 487. The monoisotopic (exact) mass is 173 g/mol. The number of rotatable bonds is 0. The van der Waals surface area contributed by atoms with Crippen LogP contribution in [0.25, 0.3) is 17.2 Å². The van der Waals surface area contributed by atoms with Gasteiger partial charge in [-0.25, -0.2) is 9.97 Å². The van der Waals surface area contributed by atoms with Crippen LogP contribution in [0.4, 0.5) is 0 Å². The molecule has 2 aromatic rings. The third-order valence-corrected chi connectivity index (χ3v) is 2.11. The minimum Gasteiger partial charge on any atom is -0.453 e. The molecule has 0 radical (unpaired) electrons. The summed E-state index contributed by atoms with van der Waals surface area (Å²) in [6, 6.07) is 0. The van der Waals surface area contributed by atoms with Gasteiger partial charge in [0.1, 0.15) is 17.6 Å². The molecule has 0 atom stereocenters. The molecule has 4 nitrogen and oxygen atoms in total. The maximum absolute atomic E-state index is 5.54. The van der Waals surface area contributed by atoms with Crippen molar-refractivity contribution in [2.24, 2.45) is 0 Å². The molecule has 1 aliphatic heterocycles. The molecular formula is C9H7N3O. The van der Waals surface area contributed by atoms with E-state index in [1.165, 1.54) is 6.33 Å². The molecule has 13 heavy (non-hydrogen) atoms. The van der Waals surface area contributed by atoms with Crippen molar-refractivity contribution in [3.8, 4) is 0 Å². The topological polar surface area (TPSA) is 51.0 Å². The Kier molecular flexibility index (Phi) is 1.19. The first-order chi connectivity index (χ1) is 6.45. The van der Waals surface area contributed by atoms with Crippen LogP contribution in [0.2, 0.25) is 0 Å². The summed E-state index contributed by atoms with van der Waals surface area (Å²) in [5.74, 6) is 0.884. The summed E-state index contributed by atoms with van der Waals surface area (Å²) in [7, 11) is 0. The smallest absolute Gasteiger partial charge is 0.171 e. The molecule has 0 saturated heterocycles. The summed E-state index contributed by atoms with van der Waals surface area (Å²) < 4.78 is 5.54. The zero-order chi connectivity index (χ0) is 8.67. The summed E-state index contributed by atoms with van der Waals surface area (Å²) in [5, 5.41) is 3.12. The summed E-state index contributed by atoms with van der Waals surface area (Å²) >= 11 is 0. The standard InChI is InChI=1S/C9H7N3O/c1-2-10-3-6-7(1)13-8-4-11-5-12-9(6)8/h1-2,4-5,10H,3H2. The molecule has 0 bridgehead atoms. The van der Waals surface area contributed by atoms with Crippen molar-refractivity contribution in [1.82, 2.24) is 15.3 Å². The molecule has 0 aromatic carbocycles. The van der Waals surface area contributed by atoms with Crippen LogP contribution in [0, 0.1) is 0 Å². The van der Waals surface area contributed by atoms with Gasteiger partial charge in [0.25, 0.3) is 0 Å². The molecule has 1 aliphatic rings. The van der Waals surface area contributed by atoms with Crippen LogP contribution in [-0.4, -0.2) is 9.97 Å². The lowest BCUT2D eigenvalue weighted by molar-refractivity contribution is 0.590. The van der Waals surface area contributed by atoms with Crippen molar-refractivity contribution in [3.63, 3.8) is 0 Å². The van der Waals surface area contributed by atoms with Gasteiger partial charge in [-0.2, -0.15) is 0 Å². The molecular weight excluding hydrogens is 166 g/mol. The summed E-state index contributed by atoms with van der Waals surface area (Å²) in [4.78, 5) is 8.08. The first-order valence-corrected chi connectivity index (χ1v) is 4.06. The van der Waals surface area contributed by atoms with Crippen molar-refractivity contribution in [1.29, 1.82) is 0 Å². The van der Waals surface area contributed by atoms with E-state index in [-0.39, 0.29) is 0 Å². The lowest BCUT2D eigenvalue weighted by Gasteiger charge is -2.04. The Morgan fingerprint density at radius 2 is 2.46 bits per heavy atom. The van der Waals surface area contributed by atoms with Crippen molar-refractivity contribution >= 4 is 17.2 Å². The first kappa shape index (κ1) is 6.65. The van der Waals surface area contributed by atoms with Crippen LogP contribution < -0.4 is 5.32 Å². The molecule has 0 spiro atoms. The SMILES string of the molecule is C1=Cc2oc3cncnc3c2CN1. The van der Waals surface area contributed by atoms with Gasteiger partial charge in [-0.3, -0.25) is 0 Å². The van der Waals surface area contributed by atoms with E-state index in [0.717, 1.165) is 29.0 Å². The van der Waals surface area contributed by atoms with Gasteiger partial charge in [-0.05, 0) is 6.08 Å². The lowest BCUT2D eigenvalue weighted by atomic mass is 10.2. The molecule has 4 heteroatoms. The van der Waals surface area contributed by atoms with E-state index < -0.39 is 0 Å². The minimum atomic E-state index is 0.751. The number of nitrogens with one attached hydrogen (secondary N) is 1. The fourth-order valence-corrected chi connectivity index (χ4v) is 1.52. The lowest BCUT2D eigenvalue weighted by Crippen LogP contribution is -2.08. The third-order valence-electron chi connectivity index (χ3n) is 2.11. The number of hydrogen-bond acceptors (Lipinski definition) is 4. The van der Waals surface area contributed by atoms with E-state index in [1.807, 2.05) is 12.3 Å². The minimum absolute atomic E-state index is 0.751. The number of fused-ring (bicyclic) bond motifs is 3. The van der Waals surface area contributed by atoms with Gasteiger partial charge in [0.2, 0.25) is 0 Å². The van der Waals surface area contributed by atoms with Crippen LogP contribution in [0.1, 0.15) is 11.3 Å². The van der Waals surface area contributed by atoms with Gasteiger partial charge in [-0.15, -0.1) is 0 Å². The predicted molar refractivity (Wildman–Crippen MR) is 47.7 cm³/mol. The fraction of sp³-hybridized carbons (Fsp3) is 0.111. The highest BCUT2D eigenvalue weighted by atomic mass is 16.3. The highest BCUT2D eigenvalue weighted by molar-refractivity contribution is 5.80. The molecule has 2 aromatic heterocycles. The Morgan fingerprint density at radius 1 is 1.46 bits per heavy atom. The van der Waals surface area contributed by atoms with E-state index in [0.29, 0.717) is 0 Å². The summed E-state index contributed by atoms with van der Waals surface area (Å²) in [5.41, 5.74) is 2.77. The van der Waals surface area contributed by atoms with Gasteiger partial charge in [0.05, 0.1) is 6.20 Å². The number of hydrogen-bond donors (Lipinski definition) is 1. The first-order valence-electron chi connectivity index (χ1n) is 4.06.